The van der Waals surface area contributed by atoms with Gasteiger partial charge in [-0.3, -0.25) is 4.79 Å². The van der Waals surface area contributed by atoms with Crippen molar-refractivity contribution >= 4 is 28.2 Å². The zero-order valence-corrected chi connectivity index (χ0v) is 17.0. The summed E-state index contributed by atoms with van der Waals surface area (Å²) in [6.07, 6.45) is 3.87. The Hall–Kier alpha value is -2.61. The summed E-state index contributed by atoms with van der Waals surface area (Å²) >= 11 is 0. The van der Waals surface area contributed by atoms with Gasteiger partial charge >= 0.3 is 5.97 Å². The summed E-state index contributed by atoms with van der Waals surface area (Å²) in [6.45, 7) is 7.05. The number of benzene rings is 1. The van der Waals surface area contributed by atoms with Crippen LogP contribution in [0.1, 0.15) is 55.1 Å². The number of carbonyl (C=O) groups is 1. The van der Waals surface area contributed by atoms with Gasteiger partial charge in [0.05, 0.1) is 22.3 Å². The number of hydrogen-bond acceptors (Lipinski definition) is 5. The van der Waals surface area contributed by atoms with E-state index in [1.54, 1.807) is 11.5 Å². The highest BCUT2D eigenvalue weighted by Crippen LogP contribution is 2.43. The summed E-state index contributed by atoms with van der Waals surface area (Å²) in [5.41, 5.74) is 12.3. The number of aromatic carboxylic acids is 1. The van der Waals surface area contributed by atoms with E-state index in [2.05, 4.69) is 13.8 Å². The minimum absolute atomic E-state index is 0.0164. The van der Waals surface area contributed by atoms with Crippen LogP contribution in [0.5, 0.6) is 0 Å². The van der Waals surface area contributed by atoms with Gasteiger partial charge in [-0.05, 0) is 37.2 Å². The van der Waals surface area contributed by atoms with Crippen molar-refractivity contribution in [1.29, 1.82) is 0 Å². The summed E-state index contributed by atoms with van der Waals surface area (Å²) in [6, 6.07) is 0.113. The highest BCUT2D eigenvalue weighted by Gasteiger charge is 2.37. The molecular formula is C21H27FN4O3. The van der Waals surface area contributed by atoms with E-state index < -0.39 is 17.2 Å². The third kappa shape index (κ3) is 2.97. The molecule has 7 nitrogen and oxygen atoms in total. The normalized spacial score (nSPS) is 21.6. The number of carboxylic acid groups (broad SMARTS) is 1. The summed E-state index contributed by atoms with van der Waals surface area (Å²) in [4.78, 5) is 26.4. The van der Waals surface area contributed by atoms with Crippen LogP contribution in [0.25, 0.3) is 10.9 Å². The van der Waals surface area contributed by atoms with Gasteiger partial charge in [0.1, 0.15) is 5.56 Å². The number of halogens is 1. The summed E-state index contributed by atoms with van der Waals surface area (Å²) < 4.78 is 17.3. The van der Waals surface area contributed by atoms with E-state index in [-0.39, 0.29) is 34.1 Å². The Balaban J connectivity index is 2.02. The summed E-state index contributed by atoms with van der Waals surface area (Å²) in [7, 11) is 0. The van der Waals surface area contributed by atoms with Crippen molar-refractivity contribution in [2.75, 3.05) is 23.7 Å². The van der Waals surface area contributed by atoms with Gasteiger partial charge in [0.2, 0.25) is 5.43 Å². The first-order chi connectivity index (χ1) is 13.5. The van der Waals surface area contributed by atoms with Gasteiger partial charge in [-0.1, -0.05) is 13.8 Å². The number of aryl methyl sites for hydroxylation is 1. The standard InChI is InChI=1S/C21H27FN4O3/c1-10-17-14(19(27)12(20(28)29)8-26(17)11-4-5-11)16(24)15(22)18(10)25-7-6-13(23)21(2,3)9-25/h8,11,13H,4-7,9,23-24H2,1-3H3,(H,28,29). The molecule has 156 valence electrons. The maximum absolute atomic E-state index is 15.5. The number of anilines is 2. The molecule has 2 fully saturated rings. The van der Waals surface area contributed by atoms with Crippen LogP contribution in [0, 0.1) is 18.2 Å². The third-order valence-electron chi connectivity index (χ3n) is 6.46. The van der Waals surface area contributed by atoms with Crippen LogP contribution in [0.2, 0.25) is 0 Å². The molecular weight excluding hydrogens is 375 g/mol. The maximum Gasteiger partial charge on any atom is 0.341 e. The Kier molecular flexibility index (Phi) is 4.38. The van der Waals surface area contributed by atoms with Crippen molar-refractivity contribution in [3.63, 3.8) is 0 Å². The number of piperidine rings is 1. The van der Waals surface area contributed by atoms with E-state index >= 15 is 4.39 Å². The zero-order chi connectivity index (χ0) is 21.2. The number of carboxylic acids is 1. The van der Waals surface area contributed by atoms with Crippen LogP contribution in [0.4, 0.5) is 15.8 Å². The smallest absolute Gasteiger partial charge is 0.341 e. The van der Waals surface area contributed by atoms with Crippen LogP contribution < -0.4 is 21.8 Å². The number of pyridine rings is 1. The maximum atomic E-state index is 15.5. The zero-order valence-electron chi connectivity index (χ0n) is 17.0. The van der Waals surface area contributed by atoms with Crippen LogP contribution in [-0.2, 0) is 0 Å². The molecule has 1 aliphatic carbocycles. The molecule has 2 aliphatic rings. The number of nitrogens with two attached hydrogens (primary N) is 2. The molecule has 8 heteroatoms. The molecule has 1 saturated heterocycles. The van der Waals surface area contributed by atoms with Crippen molar-refractivity contribution in [3.05, 3.63) is 33.4 Å². The molecule has 29 heavy (non-hydrogen) atoms. The molecule has 0 radical (unpaired) electrons. The van der Waals surface area contributed by atoms with Crippen molar-refractivity contribution in [1.82, 2.24) is 4.57 Å². The average Bonchev–Trinajstić information content (AvgIpc) is 3.47. The molecule has 1 aromatic heterocycles. The number of nitrogen functional groups attached to an aromatic ring is 1. The first-order valence-electron chi connectivity index (χ1n) is 9.94. The second-order valence-corrected chi connectivity index (χ2v) is 9.05. The van der Waals surface area contributed by atoms with E-state index in [0.717, 1.165) is 19.3 Å². The molecule has 1 aromatic carbocycles. The Morgan fingerprint density at radius 3 is 2.52 bits per heavy atom. The SMILES string of the molecule is Cc1c(N2CCC(N)C(C)(C)C2)c(F)c(N)c2c(=O)c(C(=O)O)cn(C3CC3)c12. The number of hydrogen-bond donors (Lipinski definition) is 3. The fraction of sp³-hybridized carbons (Fsp3) is 0.524. The van der Waals surface area contributed by atoms with Crippen LogP contribution in [0.3, 0.4) is 0 Å². The fourth-order valence-corrected chi connectivity index (χ4v) is 4.51. The Labute approximate surface area is 168 Å². The van der Waals surface area contributed by atoms with E-state index in [0.29, 0.717) is 29.9 Å². The lowest BCUT2D eigenvalue weighted by Gasteiger charge is -2.44. The minimum atomic E-state index is -1.33. The van der Waals surface area contributed by atoms with Crippen LogP contribution >= 0.6 is 0 Å². The monoisotopic (exact) mass is 402 g/mol. The number of fused-ring (bicyclic) bond motifs is 1. The van der Waals surface area contributed by atoms with Gasteiger partial charge in [0, 0.05) is 31.4 Å². The van der Waals surface area contributed by atoms with Crippen LogP contribution in [0.15, 0.2) is 11.0 Å². The summed E-state index contributed by atoms with van der Waals surface area (Å²) in [5.74, 6) is -2.00. The topological polar surface area (TPSA) is 115 Å². The second-order valence-electron chi connectivity index (χ2n) is 9.05. The first-order valence-corrected chi connectivity index (χ1v) is 9.94. The van der Waals surface area contributed by atoms with E-state index in [1.807, 2.05) is 4.90 Å². The predicted molar refractivity (Wildman–Crippen MR) is 111 cm³/mol. The van der Waals surface area contributed by atoms with Crippen LogP contribution in [-0.4, -0.2) is 34.8 Å². The van der Waals surface area contributed by atoms with Gasteiger partial charge in [-0.2, -0.15) is 0 Å². The molecule has 4 rings (SSSR count). The van der Waals surface area contributed by atoms with Gasteiger partial charge in [0.15, 0.2) is 5.82 Å². The third-order valence-corrected chi connectivity index (χ3v) is 6.46. The molecule has 5 N–H and O–H groups in total. The average molecular weight is 402 g/mol. The lowest BCUT2D eigenvalue weighted by atomic mass is 9.79. The molecule has 1 atom stereocenters. The molecule has 0 amide bonds. The van der Waals surface area contributed by atoms with E-state index in [1.165, 1.54) is 6.20 Å². The molecule has 0 bridgehead atoms. The molecule has 2 aromatic rings. The van der Waals surface area contributed by atoms with Gasteiger partial charge < -0.3 is 26.0 Å². The molecule has 1 saturated carbocycles. The lowest BCUT2D eigenvalue weighted by Crippen LogP contribution is -2.53. The number of nitrogens with zero attached hydrogens (tertiary/aromatic N) is 2. The molecule has 2 heterocycles. The second kappa shape index (κ2) is 6.45. The van der Waals surface area contributed by atoms with Crippen molar-refractivity contribution < 1.29 is 14.3 Å². The van der Waals surface area contributed by atoms with Gasteiger partial charge in [0.25, 0.3) is 0 Å². The highest BCUT2D eigenvalue weighted by atomic mass is 19.1. The van der Waals surface area contributed by atoms with Crippen molar-refractivity contribution in [2.24, 2.45) is 11.1 Å². The molecule has 0 spiro atoms. The first kappa shape index (κ1) is 19.7. The van der Waals surface area contributed by atoms with E-state index in [9.17, 15) is 14.7 Å². The highest BCUT2D eigenvalue weighted by molar-refractivity contribution is 6.01. The Morgan fingerprint density at radius 2 is 1.97 bits per heavy atom. The number of aromatic nitrogens is 1. The van der Waals surface area contributed by atoms with Gasteiger partial charge in [-0.15, -0.1) is 0 Å². The minimum Gasteiger partial charge on any atom is -0.477 e. The number of rotatable bonds is 3. The molecule has 1 unspecified atom stereocenters. The van der Waals surface area contributed by atoms with E-state index in [4.69, 9.17) is 11.5 Å². The fourth-order valence-electron chi connectivity index (χ4n) is 4.51. The quantitative estimate of drug-likeness (QED) is 0.680. The largest absolute Gasteiger partial charge is 0.477 e. The lowest BCUT2D eigenvalue weighted by molar-refractivity contribution is 0.0695. The Bertz CT molecular complexity index is 1090. The van der Waals surface area contributed by atoms with Gasteiger partial charge in [-0.25, -0.2) is 9.18 Å². The molecule has 1 aliphatic heterocycles. The summed E-state index contributed by atoms with van der Waals surface area (Å²) in [5, 5.41) is 9.42. The predicted octanol–water partition coefficient (Wildman–Crippen LogP) is 2.63. The van der Waals surface area contributed by atoms with Crippen molar-refractivity contribution in [2.45, 2.75) is 52.1 Å². The Morgan fingerprint density at radius 1 is 1.31 bits per heavy atom. The van der Waals surface area contributed by atoms with Crippen molar-refractivity contribution in [3.8, 4) is 0 Å².